The number of aromatic nitrogens is 2. The minimum absolute atomic E-state index is 0. The Kier molecular flexibility index (Phi) is 31.3. The van der Waals surface area contributed by atoms with Gasteiger partial charge in [0.25, 0.3) is 7.82 Å². The van der Waals surface area contributed by atoms with E-state index in [0.29, 0.717) is 56.4 Å². The third kappa shape index (κ3) is 20.6. The van der Waals surface area contributed by atoms with Crippen LogP contribution in [0.1, 0.15) is 150 Å². The van der Waals surface area contributed by atoms with Gasteiger partial charge in [-0.05, 0) is 125 Å². The van der Waals surface area contributed by atoms with Gasteiger partial charge in [-0.2, -0.15) is 5.70 Å². The number of hydrogen-bond donors (Lipinski definition) is 9. The maximum Gasteiger partial charge on any atom is 3.00 e. The summed E-state index contributed by atoms with van der Waals surface area (Å²) in [5.41, 5.74) is 44.7. The van der Waals surface area contributed by atoms with Gasteiger partial charge >= 0.3 is 22.9 Å². The van der Waals surface area contributed by atoms with Crippen LogP contribution in [0, 0.1) is 71.0 Å². The number of rotatable bonds is 39. The number of nitrogens with zero attached hydrogens (tertiary/aromatic N) is 10. The van der Waals surface area contributed by atoms with Crippen molar-refractivity contribution < 1.29 is 102 Å². The van der Waals surface area contributed by atoms with Gasteiger partial charge in [-0.3, -0.25) is 53.1 Å². The topological polar surface area (TPSA) is 583 Å². The number of imidazole rings is 1. The van der Waals surface area contributed by atoms with Crippen LogP contribution in [-0.4, -0.2) is 181 Å². The largest absolute Gasteiger partial charge is 3.00 e. The summed E-state index contributed by atoms with van der Waals surface area (Å²) in [6.45, 7) is 25.1. The Bertz CT molecular complexity index is 4120. The van der Waals surface area contributed by atoms with Gasteiger partial charge in [0, 0.05) is 126 Å². The number of aliphatic imine (C=N–C) groups is 3. The number of amides is 8. The number of azide groups is 1. The molecule has 1 unspecified atom stereocenters. The van der Waals surface area contributed by atoms with E-state index in [4.69, 9.17) is 105 Å². The van der Waals surface area contributed by atoms with Gasteiger partial charge in [0.2, 0.25) is 41.4 Å². The van der Waals surface area contributed by atoms with Gasteiger partial charge in [0.05, 0.1) is 74.3 Å². The molecule has 36 nitrogen and oxygen atoms in total. The normalized spacial score (nSPS) is 29.6. The summed E-state index contributed by atoms with van der Waals surface area (Å²) in [5, 5.41) is 32.5. The second kappa shape index (κ2) is 38.1. The molecule has 38 heteroatoms. The van der Waals surface area contributed by atoms with E-state index in [9.17, 15) is 52.9 Å². The minimum Gasteiger partial charge on any atom is -0.756 e. The summed E-state index contributed by atoms with van der Waals surface area (Å²) in [7, 11) is -5.49. The number of alkyl carbamates (subject to hydrolysis) is 1. The molecule has 6 aliphatic heterocycles. The fourth-order valence-electron chi connectivity index (χ4n) is 16.4. The first-order chi connectivity index (χ1) is 51.2. The quantitative estimate of drug-likeness (QED) is 0.0111. The van der Waals surface area contributed by atoms with Gasteiger partial charge in [-0.1, -0.05) is 45.8 Å². The first-order valence-electron chi connectivity index (χ1n) is 36.2. The number of aliphatic hydroxyl groups is 1. The molecule has 110 heavy (non-hydrogen) atoms. The van der Waals surface area contributed by atoms with E-state index >= 15 is 0 Å². The molecule has 0 radical (unpaired) electrons. The Hall–Kier alpha value is -8.50. The van der Waals surface area contributed by atoms with Crippen molar-refractivity contribution in [1.29, 1.82) is 5.26 Å². The molecule has 0 saturated carbocycles. The Morgan fingerprint density at radius 1 is 0.782 bits per heavy atom. The van der Waals surface area contributed by atoms with E-state index in [0.717, 1.165) is 11.1 Å². The number of allylic oxidation sites excluding steroid dienone is 6. The first kappa shape index (κ1) is 90.4. The number of nitrogens with two attached hydrogens (primary N) is 6. The van der Waals surface area contributed by atoms with E-state index in [-0.39, 0.29) is 140 Å². The molecule has 2 fully saturated rings. The van der Waals surface area contributed by atoms with Gasteiger partial charge in [0.1, 0.15) is 24.9 Å². The second-order valence-electron chi connectivity index (χ2n) is 30.1. The van der Waals surface area contributed by atoms with E-state index in [1.807, 2.05) is 66.7 Å². The maximum atomic E-state index is 14.6. The third-order valence-electron chi connectivity index (χ3n) is 22.3. The van der Waals surface area contributed by atoms with Crippen molar-refractivity contribution in [3.8, 4) is 0 Å². The molecule has 1 aromatic carbocycles. The van der Waals surface area contributed by atoms with Crippen LogP contribution in [0.5, 0.6) is 0 Å². The summed E-state index contributed by atoms with van der Waals surface area (Å²) in [6.07, 6.45) is -6.59. The maximum absolute atomic E-state index is 14.6. The third-order valence-corrected chi connectivity index (χ3v) is 23.5. The van der Waals surface area contributed by atoms with E-state index < -0.39 is 156 Å². The molecule has 8 rings (SSSR count). The molecule has 2 aromatic rings. The van der Waals surface area contributed by atoms with Crippen molar-refractivity contribution in [2.24, 2.45) is 99.8 Å². The number of ether oxygens (including phenoxy) is 5. The van der Waals surface area contributed by atoms with Crippen molar-refractivity contribution in [1.82, 2.24) is 20.2 Å². The number of hydrogen-bond acceptors (Lipinski definition) is 24. The van der Waals surface area contributed by atoms with Gasteiger partial charge in [0.15, 0.2) is 6.23 Å². The molecule has 7 heterocycles. The molecule has 15 N–H and O–H groups in total. The van der Waals surface area contributed by atoms with Crippen LogP contribution in [0.2, 0.25) is 0 Å². The number of aryl methyl sites for hydroxylation is 2. The molecular weight excluding hydrogens is 1490 g/mol. The molecule has 604 valence electrons. The van der Waals surface area contributed by atoms with Crippen molar-refractivity contribution >= 4 is 83.4 Å². The van der Waals surface area contributed by atoms with Crippen molar-refractivity contribution in [2.45, 2.75) is 189 Å². The average molecular weight is 1600 g/mol. The fraction of sp³-hybridized carbons (Fsp3) is 0.653. The number of benzene rings is 1. The summed E-state index contributed by atoms with van der Waals surface area (Å²) in [5.74, 6) is -7.66. The molecule has 0 spiro atoms. The standard InChI is InChI=1S/C71H106N17O18P.CN.Co/c1-37-28-47-48(29-38(37)2)88(36-81-47)65-60(96)61(49(104-65)35-103-66(97)79-20-22-100-24-26-102-27-25-101-23-21-82-87-78)106-107(98,99)105-39(3)34-80-57(95)18-19-68(8)45(30-54(75)92)64-71(11)70(10,33-56(77)94)44(14-17-53(74)91)59(86-71)41(5)63-69(9,32-55(76)93)42(12-15-51(72)89)46(83-63)31-50-67(6,7)43(13-16-52(73)90)58(84-50)40(4)62(68)85-64;1-2;/h28-29,31,36,39,42-45,49,60-61,64-65,96H,12-27,30,32-35H2,1-11H3,(H16,72,73,74,75,76,77,79,80,83,84,85,86,89,90,91,92,93,94,95,97,98,99);;/q;-1;+3/p-2/t39-,42-,43-,44-,45+,49-,60-,61-,64-,65+,68-,69+,70+,71+;;/m1../s1. The molecule has 15 atom stereocenters. The fourth-order valence-corrected chi connectivity index (χ4v) is 17.6. The van der Waals surface area contributed by atoms with E-state index in [1.54, 1.807) is 20.8 Å². The summed E-state index contributed by atoms with van der Waals surface area (Å²) in [4.78, 5) is 145. The zero-order valence-electron chi connectivity index (χ0n) is 64.0. The molecule has 8 bridgehead atoms. The van der Waals surface area contributed by atoms with Crippen LogP contribution in [0.4, 0.5) is 4.79 Å². The number of primary amides is 6. The van der Waals surface area contributed by atoms with Crippen LogP contribution in [-0.2, 0) is 87.6 Å². The number of carbonyl (C=O) groups excluding carboxylic acids is 8. The number of phosphoric acid groups is 1. The van der Waals surface area contributed by atoms with E-state index in [2.05, 4.69) is 25.6 Å². The van der Waals surface area contributed by atoms with E-state index in [1.165, 1.54) is 17.8 Å². The Balaban J connectivity index is 0.00000624. The second-order valence-corrected chi connectivity index (χ2v) is 31.4. The van der Waals surface area contributed by atoms with Crippen LogP contribution < -0.4 is 49.9 Å². The Morgan fingerprint density at radius 2 is 1.37 bits per heavy atom. The number of nitrogens with one attached hydrogen (secondary N) is 2. The molecule has 6 aliphatic rings. The predicted molar refractivity (Wildman–Crippen MR) is 395 cm³/mol. The predicted octanol–water partition coefficient (Wildman–Crippen LogP) is 4.50. The van der Waals surface area contributed by atoms with Crippen molar-refractivity contribution in [3.63, 3.8) is 0 Å². The summed E-state index contributed by atoms with van der Waals surface area (Å²) in [6, 6.07) is 2.57. The summed E-state index contributed by atoms with van der Waals surface area (Å²) < 4.78 is 54.7. The van der Waals surface area contributed by atoms with Gasteiger partial charge in [-0.25, -0.2) is 9.78 Å². The molecular formula is C72H104CoN18O18P. The zero-order chi connectivity index (χ0) is 80.9. The molecule has 2 saturated heterocycles. The zero-order valence-corrected chi connectivity index (χ0v) is 66.0. The minimum atomic E-state index is -5.49. The Morgan fingerprint density at radius 3 is 1.97 bits per heavy atom. The van der Waals surface area contributed by atoms with Crippen LogP contribution in [0.3, 0.4) is 0 Å². The summed E-state index contributed by atoms with van der Waals surface area (Å²) >= 11 is 0. The van der Waals surface area contributed by atoms with Gasteiger partial charge < -0.3 is 109 Å². The van der Waals surface area contributed by atoms with Crippen molar-refractivity contribution in [3.05, 3.63) is 86.2 Å². The monoisotopic (exact) mass is 1600 g/mol. The van der Waals surface area contributed by atoms with Crippen molar-refractivity contribution in [2.75, 3.05) is 65.9 Å². The number of fused-ring (bicyclic) bond motifs is 7. The number of aliphatic hydroxyl groups excluding tert-OH is 1. The molecule has 0 aliphatic carbocycles. The number of carbonyl (C=O) groups is 8. The molecule has 8 amide bonds. The molecule has 1 aromatic heterocycles. The van der Waals surface area contributed by atoms with Gasteiger partial charge in [-0.15, -0.1) is 0 Å². The number of phosphoric ester groups is 1. The first-order valence-corrected chi connectivity index (χ1v) is 37.6. The average Bonchev–Trinajstić information content (AvgIpc) is 1.53. The van der Waals surface area contributed by atoms with Crippen LogP contribution in [0.15, 0.2) is 72.9 Å². The SMILES string of the molecule is C/C1=C2/[N-][C@H]([C@H](CC(N)=O)[C@@]2(C)CCC(=O)NC[C@@H](C)OP(=O)([O-])O[C@H]2[C@@H](O)[C@@H](n3cnc4cc(C)c(C)cc43)O[C@@H]2COC(=O)NCCOCCOCCOCCN=[N+]=[N-])[C@]2(C)N=C(/C(C)=C3N=C(/C=C4N=C1[C@@H](CCC(N)=O)C\4(C)C)[C@@H](CCC(N)=O)[C@]\3(C)CC(N)=O)[C@@H](CCC(N)=O)[C@]2(C)CC(N)=O.[C-]#N.[Co+3]. The smallest absolute Gasteiger partial charge is 0.756 e. The Labute approximate surface area is 649 Å². The van der Waals surface area contributed by atoms with Crippen LogP contribution in [0.25, 0.3) is 26.8 Å². The van der Waals surface area contributed by atoms with Crippen LogP contribution >= 0.6 is 7.82 Å².